The first-order chi connectivity index (χ1) is 5.43. The number of hydrogen-bond acceptors (Lipinski definition) is 0. The molecule has 0 aliphatic rings. The van der Waals surface area contributed by atoms with E-state index in [1.807, 2.05) is 6.07 Å². The second kappa shape index (κ2) is 3.28. The Morgan fingerprint density at radius 1 is 1.33 bits per heavy atom. The van der Waals surface area contributed by atoms with Gasteiger partial charge in [0.25, 0.3) is 5.92 Å². The third kappa shape index (κ3) is 1.94. The van der Waals surface area contributed by atoms with Crippen molar-refractivity contribution in [3.8, 4) is 0 Å². The highest BCUT2D eigenvalue weighted by molar-refractivity contribution is 14.1. The number of hydrogen-bond donors (Lipinski definition) is 0. The molecule has 0 aromatic heterocycles. The van der Waals surface area contributed by atoms with Crippen LogP contribution in [0.25, 0.3) is 0 Å². The van der Waals surface area contributed by atoms with Gasteiger partial charge in [0.1, 0.15) is 0 Å². The molecule has 0 bridgehead atoms. The molecule has 0 fully saturated rings. The minimum absolute atomic E-state index is 0.120. The van der Waals surface area contributed by atoms with Crippen LogP contribution in [-0.4, -0.2) is 0 Å². The lowest BCUT2D eigenvalue weighted by atomic mass is 10.0. The molecule has 0 nitrogen and oxygen atoms in total. The van der Waals surface area contributed by atoms with Gasteiger partial charge in [-0.25, -0.2) is 8.78 Å². The van der Waals surface area contributed by atoms with E-state index in [0.717, 1.165) is 10.5 Å². The molecule has 0 radical (unpaired) electrons. The Morgan fingerprint density at radius 3 is 2.33 bits per heavy atom. The van der Waals surface area contributed by atoms with E-state index >= 15 is 0 Å². The first-order valence-corrected chi connectivity index (χ1v) is 4.64. The molecule has 0 N–H and O–H groups in total. The van der Waals surface area contributed by atoms with Gasteiger partial charge in [0.15, 0.2) is 0 Å². The van der Waals surface area contributed by atoms with Gasteiger partial charge in [-0.3, -0.25) is 0 Å². The molecule has 1 aromatic rings. The maximum Gasteiger partial charge on any atom is 0.270 e. The summed E-state index contributed by atoms with van der Waals surface area (Å²) in [7, 11) is 0. The van der Waals surface area contributed by atoms with Crippen molar-refractivity contribution >= 4 is 22.6 Å². The summed E-state index contributed by atoms with van der Waals surface area (Å²) in [6.45, 7) is 2.64. The van der Waals surface area contributed by atoms with Crippen LogP contribution in [-0.2, 0) is 5.92 Å². The predicted octanol–water partition coefficient (Wildman–Crippen LogP) is 3.71. The molecule has 1 rings (SSSR count). The lowest BCUT2D eigenvalue weighted by Crippen LogP contribution is -2.09. The van der Waals surface area contributed by atoms with Crippen LogP contribution in [0.3, 0.4) is 0 Å². The van der Waals surface area contributed by atoms with E-state index < -0.39 is 5.92 Å². The average Bonchev–Trinajstić information content (AvgIpc) is 1.92. The largest absolute Gasteiger partial charge is 0.270 e. The van der Waals surface area contributed by atoms with E-state index in [1.54, 1.807) is 13.0 Å². The van der Waals surface area contributed by atoms with Crippen molar-refractivity contribution in [1.29, 1.82) is 0 Å². The molecule has 0 unspecified atom stereocenters. The molecule has 0 aliphatic carbocycles. The van der Waals surface area contributed by atoms with Gasteiger partial charge < -0.3 is 0 Å². The fourth-order valence-electron chi connectivity index (χ4n) is 1.08. The monoisotopic (exact) mass is 282 g/mol. The number of alkyl halides is 2. The quantitative estimate of drug-likeness (QED) is 0.689. The van der Waals surface area contributed by atoms with Crippen molar-refractivity contribution in [3.05, 3.63) is 32.9 Å². The molecule has 0 heterocycles. The summed E-state index contributed by atoms with van der Waals surface area (Å²) in [5, 5.41) is 0. The van der Waals surface area contributed by atoms with Crippen molar-refractivity contribution in [3.63, 3.8) is 0 Å². The number of rotatable bonds is 1. The third-order valence-corrected chi connectivity index (χ3v) is 2.91. The van der Waals surface area contributed by atoms with Gasteiger partial charge in [-0.05, 0) is 41.1 Å². The van der Waals surface area contributed by atoms with E-state index in [2.05, 4.69) is 22.6 Å². The molecule has 3 heteroatoms. The molecule has 0 atom stereocenters. The van der Waals surface area contributed by atoms with Gasteiger partial charge in [-0.15, -0.1) is 0 Å². The Labute approximate surface area is 84.1 Å². The molecule has 0 aliphatic heterocycles. The SMILES string of the molecule is Cc1c(I)cccc1C(C)(F)F. The van der Waals surface area contributed by atoms with Crippen LogP contribution in [0.2, 0.25) is 0 Å². The molecule has 1 aromatic carbocycles. The van der Waals surface area contributed by atoms with Crippen LogP contribution < -0.4 is 0 Å². The highest BCUT2D eigenvalue weighted by atomic mass is 127. The van der Waals surface area contributed by atoms with Crippen molar-refractivity contribution in [1.82, 2.24) is 0 Å². The van der Waals surface area contributed by atoms with E-state index in [0.29, 0.717) is 5.56 Å². The molecule has 0 saturated carbocycles. The zero-order valence-electron chi connectivity index (χ0n) is 6.87. The first-order valence-electron chi connectivity index (χ1n) is 3.56. The molecule has 12 heavy (non-hydrogen) atoms. The molecule has 0 amide bonds. The van der Waals surface area contributed by atoms with Crippen molar-refractivity contribution in [2.75, 3.05) is 0 Å². The van der Waals surface area contributed by atoms with Crippen LogP contribution >= 0.6 is 22.6 Å². The fourth-order valence-corrected chi connectivity index (χ4v) is 1.58. The highest BCUT2D eigenvalue weighted by Gasteiger charge is 2.26. The second-order valence-electron chi connectivity index (χ2n) is 2.80. The lowest BCUT2D eigenvalue weighted by molar-refractivity contribution is 0.0167. The Kier molecular flexibility index (Phi) is 2.70. The summed E-state index contributed by atoms with van der Waals surface area (Å²) in [5.74, 6) is -2.73. The van der Waals surface area contributed by atoms with Crippen molar-refractivity contribution in [2.24, 2.45) is 0 Å². The van der Waals surface area contributed by atoms with Gasteiger partial charge in [-0.2, -0.15) is 0 Å². The zero-order valence-corrected chi connectivity index (χ0v) is 9.02. The van der Waals surface area contributed by atoms with E-state index in [1.165, 1.54) is 6.07 Å². The summed E-state index contributed by atoms with van der Waals surface area (Å²) >= 11 is 2.06. The van der Waals surface area contributed by atoms with Gasteiger partial charge in [-0.1, -0.05) is 12.1 Å². The first kappa shape index (κ1) is 9.89. The van der Waals surface area contributed by atoms with Crippen LogP contribution in [0.1, 0.15) is 18.1 Å². The second-order valence-corrected chi connectivity index (χ2v) is 3.96. The van der Waals surface area contributed by atoms with E-state index in [4.69, 9.17) is 0 Å². The standard InChI is InChI=1S/C9H9F2I/c1-6-7(9(2,10)11)4-3-5-8(6)12/h3-5H,1-2H3. The minimum atomic E-state index is -2.73. The molecular formula is C9H9F2I. The van der Waals surface area contributed by atoms with Gasteiger partial charge in [0, 0.05) is 16.1 Å². The Balaban J connectivity index is 3.26. The van der Waals surface area contributed by atoms with Crippen molar-refractivity contribution < 1.29 is 8.78 Å². The molecule has 66 valence electrons. The highest BCUT2D eigenvalue weighted by Crippen LogP contribution is 2.31. The smallest absolute Gasteiger partial charge is 0.202 e. The fraction of sp³-hybridized carbons (Fsp3) is 0.333. The molecule has 0 spiro atoms. The summed E-state index contributed by atoms with van der Waals surface area (Å²) in [6, 6.07) is 4.95. The van der Waals surface area contributed by atoms with Crippen LogP contribution in [0, 0.1) is 10.5 Å². The van der Waals surface area contributed by atoms with E-state index in [9.17, 15) is 8.78 Å². The van der Waals surface area contributed by atoms with Crippen LogP contribution in [0.4, 0.5) is 8.78 Å². The maximum absolute atomic E-state index is 12.9. The van der Waals surface area contributed by atoms with Crippen LogP contribution in [0.15, 0.2) is 18.2 Å². The Bertz CT molecular complexity index is 289. The summed E-state index contributed by atoms with van der Waals surface area (Å²) in [5.41, 5.74) is 0.792. The average molecular weight is 282 g/mol. The lowest BCUT2D eigenvalue weighted by Gasteiger charge is -2.14. The Hall–Kier alpha value is -0.190. The molecular weight excluding hydrogens is 273 g/mol. The third-order valence-electron chi connectivity index (χ3n) is 1.74. The molecule has 0 saturated heterocycles. The van der Waals surface area contributed by atoms with Gasteiger partial charge in [0.2, 0.25) is 0 Å². The number of halogens is 3. The van der Waals surface area contributed by atoms with Crippen LogP contribution in [0.5, 0.6) is 0 Å². The minimum Gasteiger partial charge on any atom is -0.202 e. The maximum atomic E-state index is 12.9. The summed E-state index contributed by atoms with van der Waals surface area (Å²) < 4.78 is 26.7. The summed E-state index contributed by atoms with van der Waals surface area (Å²) in [6.07, 6.45) is 0. The summed E-state index contributed by atoms with van der Waals surface area (Å²) in [4.78, 5) is 0. The normalized spacial score (nSPS) is 11.8. The Morgan fingerprint density at radius 2 is 1.92 bits per heavy atom. The number of benzene rings is 1. The zero-order chi connectivity index (χ0) is 9.35. The predicted molar refractivity (Wildman–Crippen MR) is 53.5 cm³/mol. The van der Waals surface area contributed by atoms with Gasteiger partial charge >= 0.3 is 0 Å². The topological polar surface area (TPSA) is 0 Å². The van der Waals surface area contributed by atoms with E-state index in [-0.39, 0.29) is 5.56 Å². The van der Waals surface area contributed by atoms with Crippen molar-refractivity contribution in [2.45, 2.75) is 19.8 Å². The van der Waals surface area contributed by atoms with Gasteiger partial charge in [0.05, 0.1) is 0 Å².